The molecule has 0 aromatic heterocycles. The molecule has 4 fully saturated rings. The molecule has 184 valence electrons. The van der Waals surface area contributed by atoms with Crippen LogP contribution in [0.3, 0.4) is 0 Å². The number of hydrogen-bond acceptors (Lipinski definition) is 1. The summed E-state index contributed by atoms with van der Waals surface area (Å²) in [6, 6.07) is 12.1. The fraction of sp³-hybridized carbons (Fsp3) is 0.812. The molecule has 5 rings (SSSR count). The average Bonchev–Trinajstić information content (AvgIpc) is 3.16. The van der Waals surface area contributed by atoms with Crippen molar-refractivity contribution >= 4 is 0 Å². The molecule has 1 nitrogen and oxygen atoms in total. The van der Waals surface area contributed by atoms with Crippen molar-refractivity contribution in [1.29, 1.82) is 0 Å². The third kappa shape index (κ3) is 4.34. The van der Waals surface area contributed by atoms with E-state index in [1.165, 1.54) is 56.9 Å². The molecule has 4 aliphatic rings. The van der Waals surface area contributed by atoms with Crippen molar-refractivity contribution in [2.75, 3.05) is 0 Å². The monoisotopic (exact) mass is 449 g/mol. The zero-order valence-electron chi connectivity index (χ0n) is 22.3. The topological polar surface area (TPSA) is 12.0 Å². The van der Waals surface area contributed by atoms with Crippen LogP contribution >= 0.6 is 0 Å². The third-order valence-electron chi connectivity index (χ3n) is 11.7. The summed E-state index contributed by atoms with van der Waals surface area (Å²) < 4.78 is 0. The Morgan fingerprint density at radius 1 is 0.879 bits per heavy atom. The molecule has 0 aliphatic heterocycles. The molecular weight excluding hydrogens is 398 g/mol. The molecule has 0 amide bonds. The molecule has 0 saturated heterocycles. The van der Waals surface area contributed by atoms with Gasteiger partial charge in [0.1, 0.15) is 0 Å². The van der Waals surface area contributed by atoms with Gasteiger partial charge in [0.2, 0.25) is 0 Å². The van der Waals surface area contributed by atoms with Gasteiger partial charge in [-0.15, -0.1) is 0 Å². The predicted molar refractivity (Wildman–Crippen MR) is 141 cm³/mol. The molecular formula is C32H51N. The van der Waals surface area contributed by atoms with Gasteiger partial charge in [0, 0.05) is 12.1 Å². The van der Waals surface area contributed by atoms with Crippen molar-refractivity contribution in [2.45, 2.75) is 117 Å². The van der Waals surface area contributed by atoms with Crippen LogP contribution in [-0.2, 0) is 0 Å². The molecule has 1 N–H and O–H groups in total. The minimum atomic E-state index is 0.440. The number of benzene rings is 1. The zero-order chi connectivity index (χ0) is 23.2. The lowest BCUT2D eigenvalue weighted by molar-refractivity contribution is -0.0816. The first-order chi connectivity index (χ1) is 15.8. The molecule has 33 heavy (non-hydrogen) atoms. The molecule has 0 bridgehead atoms. The number of rotatable bonds is 6. The fourth-order valence-corrected chi connectivity index (χ4v) is 10.2. The largest absolute Gasteiger partial charge is 0.307 e. The summed E-state index contributed by atoms with van der Waals surface area (Å²) >= 11 is 0. The lowest BCUT2D eigenvalue weighted by Gasteiger charge is -2.58. The highest BCUT2D eigenvalue weighted by molar-refractivity contribution is 5.18. The second-order valence-corrected chi connectivity index (χ2v) is 13.6. The molecule has 1 heteroatoms. The summed E-state index contributed by atoms with van der Waals surface area (Å²) in [6.45, 7) is 12.6. The van der Waals surface area contributed by atoms with Gasteiger partial charge in [0.25, 0.3) is 0 Å². The Hall–Kier alpha value is -0.820. The molecule has 0 unspecified atom stereocenters. The van der Waals surface area contributed by atoms with E-state index < -0.39 is 0 Å². The second-order valence-electron chi connectivity index (χ2n) is 13.6. The first-order valence-electron chi connectivity index (χ1n) is 14.7. The Balaban J connectivity index is 1.26. The predicted octanol–water partition coefficient (Wildman–Crippen LogP) is 8.80. The molecule has 1 aromatic carbocycles. The molecule has 0 heterocycles. The van der Waals surface area contributed by atoms with Crippen LogP contribution in [0.25, 0.3) is 0 Å². The van der Waals surface area contributed by atoms with E-state index in [0.29, 0.717) is 22.9 Å². The van der Waals surface area contributed by atoms with E-state index in [1.807, 2.05) is 0 Å². The highest BCUT2D eigenvalue weighted by Gasteiger charge is 2.58. The van der Waals surface area contributed by atoms with Crippen LogP contribution in [-0.4, -0.2) is 6.04 Å². The first-order valence-corrected chi connectivity index (χ1v) is 14.7. The fourth-order valence-electron chi connectivity index (χ4n) is 10.2. The highest BCUT2D eigenvalue weighted by Crippen LogP contribution is 2.65. The second kappa shape index (κ2) is 9.33. The van der Waals surface area contributed by atoms with Crippen LogP contribution in [0.2, 0.25) is 0 Å². The highest BCUT2D eigenvalue weighted by atomic mass is 15.0. The van der Waals surface area contributed by atoms with Gasteiger partial charge < -0.3 is 5.32 Å². The summed E-state index contributed by atoms with van der Waals surface area (Å²) in [5.41, 5.74) is 2.64. The molecule has 4 aliphatic carbocycles. The summed E-state index contributed by atoms with van der Waals surface area (Å²) in [5.74, 6) is 6.02. The van der Waals surface area contributed by atoms with Gasteiger partial charge in [0.15, 0.2) is 0 Å². The Kier molecular flexibility index (Phi) is 6.76. The van der Waals surface area contributed by atoms with E-state index in [1.54, 1.807) is 19.3 Å². The van der Waals surface area contributed by atoms with E-state index in [2.05, 4.69) is 70.3 Å². The van der Waals surface area contributed by atoms with Crippen LogP contribution in [0.1, 0.15) is 117 Å². The molecule has 0 radical (unpaired) electrons. The van der Waals surface area contributed by atoms with Crippen molar-refractivity contribution in [3.8, 4) is 0 Å². The standard InChI is InChI=1S/C32H51N/c1-6-18-31(4)19-16-26-25(21-31)12-13-28-27(26)17-20-32(5)29(14-15-30(28)32)23(3)33-22(2)24-10-8-7-9-11-24/h7-11,22-23,25-30,33H,6,12-21H2,1-5H3/t22-,23-,25-,26+,27-,28-,29-,30+,31-,32-/m1/s1. The van der Waals surface area contributed by atoms with Gasteiger partial charge in [-0.3, -0.25) is 0 Å². The van der Waals surface area contributed by atoms with Gasteiger partial charge in [0.05, 0.1) is 0 Å². The maximum Gasteiger partial charge on any atom is 0.0294 e. The van der Waals surface area contributed by atoms with E-state index in [9.17, 15) is 0 Å². The van der Waals surface area contributed by atoms with E-state index >= 15 is 0 Å². The average molecular weight is 450 g/mol. The lowest BCUT2D eigenvalue weighted by atomic mass is 9.48. The first kappa shape index (κ1) is 23.9. The summed E-state index contributed by atoms with van der Waals surface area (Å²) in [6.07, 6.45) is 16.5. The van der Waals surface area contributed by atoms with E-state index in [4.69, 9.17) is 0 Å². The molecule has 4 saturated carbocycles. The van der Waals surface area contributed by atoms with Gasteiger partial charge in [-0.25, -0.2) is 0 Å². The zero-order valence-corrected chi connectivity index (χ0v) is 22.3. The minimum absolute atomic E-state index is 0.440. The summed E-state index contributed by atoms with van der Waals surface area (Å²) in [5, 5.41) is 4.03. The Bertz CT molecular complexity index is 787. The van der Waals surface area contributed by atoms with Crippen LogP contribution < -0.4 is 5.32 Å². The Labute approximate surface area is 204 Å². The number of nitrogens with one attached hydrogen (secondary N) is 1. The smallest absolute Gasteiger partial charge is 0.0294 e. The normalized spacial score (nSPS) is 44.4. The van der Waals surface area contributed by atoms with Crippen LogP contribution in [0.15, 0.2) is 30.3 Å². The van der Waals surface area contributed by atoms with Gasteiger partial charge in [-0.2, -0.15) is 0 Å². The van der Waals surface area contributed by atoms with Crippen molar-refractivity contribution in [1.82, 2.24) is 5.32 Å². The van der Waals surface area contributed by atoms with Crippen LogP contribution in [0, 0.1) is 46.3 Å². The van der Waals surface area contributed by atoms with Crippen molar-refractivity contribution in [3.05, 3.63) is 35.9 Å². The molecule has 1 aromatic rings. The van der Waals surface area contributed by atoms with Gasteiger partial charge in [-0.05, 0) is 130 Å². The van der Waals surface area contributed by atoms with Gasteiger partial charge >= 0.3 is 0 Å². The maximum atomic E-state index is 4.03. The summed E-state index contributed by atoms with van der Waals surface area (Å²) in [4.78, 5) is 0. The van der Waals surface area contributed by atoms with E-state index in [0.717, 1.165) is 35.5 Å². The SMILES string of the molecule is CCC[C@]1(C)CC[C@H]2[C@H](CC[C@@H]3[C@@H]2CC[C@]2(C)[C@@H]([C@@H](C)N[C@H](C)c4ccccc4)CC[C@@H]32)C1. The number of hydrogen-bond donors (Lipinski definition) is 1. The third-order valence-corrected chi connectivity index (χ3v) is 11.7. The Morgan fingerprint density at radius 3 is 2.39 bits per heavy atom. The quantitative estimate of drug-likeness (QED) is 0.457. The molecule has 10 atom stereocenters. The van der Waals surface area contributed by atoms with Gasteiger partial charge in [-0.1, -0.05) is 57.5 Å². The minimum Gasteiger partial charge on any atom is -0.307 e. The van der Waals surface area contributed by atoms with E-state index in [-0.39, 0.29) is 0 Å². The Morgan fingerprint density at radius 2 is 1.64 bits per heavy atom. The molecule has 0 spiro atoms. The van der Waals surface area contributed by atoms with Crippen LogP contribution in [0.4, 0.5) is 0 Å². The van der Waals surface area contributed by atoms with Crippen molar-refractivity contribution < 1.29 is 0 Å². The van der Waals surface area contributed by atoms with Crippen molar-refractivity contribution in [3.63, 3.8) is 0 Å². The van der Waals surface area contributed by atoms with Crippen molar-refractivity contribution in [2.24, 2.45) is 46.3 Å². The number of fused-ring (bicyclic) bond motifs is 5. The lowest BCUT2D eigenvalue weighted by Crippen LogP contribution is -2.51. The van der Waals surface area contributed by atoms with Crippen LogP contribution in [0.5, 0.6) is 0 Å². The summed E-state index contributed by atoms with van der Waals surface area (Å²) in [7, 11) is 0. The maximum absolute atomic E-state index is 4.03.